The molecule has 1 aliphatic carbocycles. The zero-order valence-corrected chi connectivity index (χ0v) is 13.5. The minimum absolute atomic E-state index is 0.0198. The molecule has 1 unspecified atom stereocenters. The Morgan fingerprint density at radius 3 is 3.13 bits per heavy atom. The number of ether oxygens (including phenoxy) is 1. The summed E-state index contributed by atoms with van der Waals surface area (Å²) in [5, 5.41) is 0.686. The summed E-state index contributed by atoms with van der Waals surface area (Å²) in [6.45, 7) is 2.54. The van der Waals surface area contributed by atoms with Crippen molar-refractivity contribution in [2.75, 3.05) is 12.4 Å². The molecule has 1 aliphatic rings. The van der Waals surface area contributed by atoms with Crippen LogP contribution >= 0.6 is 11.8 Å². The smallest absolute Gasteiger partial charge is 0.172 e. The number of allylic oxidation sites excluding steroid dienone is 4. The van der Waals surface area contributed by atoms with Gasteiger partial charge in [-0.25, -0.2) is 9.37 Å². The number of Topliss-reactive ketones (excluding diaryl/α,β-unsaturated/α-hetero) is 1. The van der Waals surface area contributed by atoms with Gasteiger partial charge in [0.25, 0.3) is 0 Å². The summed E-state index contributed by atoms with van der Waals surface area (Å²) in [6, 6.07) is 5.65. The second kappa shape index (κ2) is 7.00. The number of halogens is 1. The van der Waals surface area contributed by atoms with Crippen LogP contribution in [0, 0.1) is 0 Å². The molecule has 1 N–H and O–H groups in total. The molecule has 2 aromatic rings. The lowest BCUT2D eigenvalue weighted by molar-refractivity contribution is -0.113. The highest BCUT2D eigenvalue weighted by atomic mass is 32.2. The van der Waals surface area contributed by atoms with Gasteiger partial charge in [0.05, 0.1) is 23.4 Å². The molecule has 0 bridgehead atoms. The number of H-pyrrole nitrogens is 1. The van der Waals surface area contributed by atoms with Gasteiger partial charge in [0.1, 0.15) is 11.9 Å². The number of carbonyl (C=O) groups is 1. The number of nitrogens with one attached hydrogen (secondary N) is 1. The van der Waals surface area contributed by atoms with Crippen molar-refractivity contribution in [2.24, 2.45) is 0 Å². The van der Waals surface area contributed by atoms with Crippen LogP contribution in [0.15, 0.2) is 47.2 Å². The molecule has 0 spiro atoms. The number of fused-ring (bicyclic) bond motifs is 1. The summed E-state index contributed by atoms with van der Waals surface area (Å²) >= 11 is 1.34. The highest BCUT2D eigenvalue weighted by Gasteiger charge is 2.14. The number of ketones is 1. The molecular weight excluding hydrogens is 315 g/mol. The van der Waals surface area contributed by atoms with Crippen molar-refractivity contribution in [2.45, 2.75) is 24.7 Å². The summed E-state index contributed by atoms with van der Waals surface area (Å²) in [7, 11) is 0. The molecule has 0 aliphatic heterocycles. The SMILES string of the molecule is CCOc1ccc2nc(SCC(=O)C3=CCC(F)C=C3)[nH]c2c1. The third-order valence-electron chi connectivity index (χ3n) is 3.45. The molecule has 6 heteroatoms. The van der Waals surface area contributed by atoms with E-state index in [2.05, 4.69) is 9.97 Å². The highest BCUT2D eigenvalue weighted by molar-refractivity contribution is 7.99. The maximum Gasteiger partial charge on any atom is 0.172 e. The molecule has 3 rings (SSSR count). The van der Waals surface area contributed by atoms with Gasteiger partial charge in [-0.05, 0) is 25.1 Å². The number of hydrogen-bond acceptors (Lipinski definition) is 4. The van der Waals surface area contributed by atoms with E-state index in [1.807, 2.05) is 25.1 Å². The number of thioether (sulfide) groups is 1. The van der Waals surface area contributed by atoms with Crippen LogP contribution in [-0.2, 0) is 4.79 Å². The maximum atomic E-state index is 13.0. The topological polar surface area (TPSA) is 55.0 Å². The van der Waals surface area contributed by atoms with E-state index in [0.29, 0.717) is 17.3 Å². The Morgan fingerprint density at radius 2 is 2.39 bits per heavy atom. The minimum Gasteiger partial charge on any atom is -0.494 e. The molecule has 4 nitrogen and oxygen atoms in total. The van der Waals surface area contributed by atoms with Crippen molar-refractivity contribution in [1.29, 1.82) is 0 Å². The summed E-state index contributed by atoms with van der Waals surface area (Å²) in [5.41, 5.74) is 2.28. The fraction of sp³-hybridized carbons (Fsp3) is 0.294. The van der Waals surface area contributed by atoms with Crippen LogP contribution in [0.1, 0.15) is 13.3 Å². The molecule has 0 saturated heterocycles. The molecule has 1 atom stereocenters. The number of carbonyl (C=O) groups excluding carboxylic acids is 1. The number of nitrogens with zero attached hydrogens (tertiary/aromatic N) is 1. The highest BCUT2D eigenvalue weighted by Crippen LogP contribution is 2.24. The molecule has 1 heterocycles. The van der Waals surface area contributed by atoms with E-state index in [0.717, 1.165) is 16.8 Å². The normalized spacial score (nSPS) is 17.3. The predicted molar refractivity (Wildman–Crippen MR) is 89.7 cm³/mol. The Labute approximate surface area is 137 Å². The number of imidazole rings is 1. The van der Waals surface area contributed by atoms with Crippen LogP contribution in [0.4, 0.5) is 4.39 Å². The van der Waals surface area contributed by atoms with Gasteiger partial charge in [0, 0.05) is 18.1 Å². The van der Waals surface area contributed by atoms with E-state index >= 15 is 0 Å². The molecule has 23 heavy (non-hydrogen) atoms. The number of hydrogen-bond donors (Lipinski definition) is 1. The second-order valence-electron chi connectivity index (χ2n) is 5.14. The average molecular weight is 332 g/mol. The van der Waals surface area contributed by atoms with Crippen molar-refractivity contribution in [1.82, 2.24) is 9.97 Å². The van der Waals surface area contributed by atoms with Gasteiger partial charge in [-0.1, -0.05) is 23.9 Å². The van der Waals surface area contributed by atoms with Crippen LogP contribution < -0.4 is 4.74 Å². The largest absolute Gasteiger partial charge is 0.494 e. The van der Waals surface area contributed by atoms with Crippen LogP contribution in [0.25, 0.3) is 11.0 Å². The van der Waals surface area contributed by atoms with Gasteiger partial charge >= 0.3 is 0 Å². The molecule has 1 aromatic heterocycles. The molecule has 0 radical (unpaired) electrons. The van der Waals surface area contributed by atoms with E-state index in [4.69, 9.17) is 4.74 Å². The number of aromatic nitrogens is 2. The lowest BCUT2D eigenvalue weighted by Gasteiger charge is -2.07. The number of rotatable bonds is 6. The van der Waals surface area contributed by atoms with E-state index in [1.165, 1.54) is 17.8 Å². The predicted octanol–water partition coefficient (Wildman–Crippen LogP) is 3.85. The summed E-state index contributed by atoms with van der Waals surface area (Å²) < 4.78 is 18.5. The first kappa shape index (κ1) is 15.8. The lowest BCUT2D eigenvalue weighted by Crippen LogP contribution is -2.08. The van der Waals surface area contributed by atoms with Crippen molar-refractivity contribution in [3.8, 4) is 5.75 Å². The molecular formula is C17H17FN2O2S. The lowest BCUT2D eigenvalue weighted by atomic mass is 10.0. The molecule has 0 amide bonds. The Hall–Kier alpha value is -2.08. The van der Waals surface area contributed by atoms with Crippen molar-refractivity contribution in [3.05, 3.63) is 42.0 Å². The van der Waals surface area contributed by atoms with Gasteiger partial charge in [-0.3, -0.25) is 4.79 Å². The number of benzene rings is 1. The van der Waals surface area contributed by atoms with Crippen LogP contribution in [0.2, 0.25) is 0 Å². The Balaban J connectivity index is 1.65. The molecule has 120 valence electrons. The zero-order chi connectivity index (χ0) is 16.2. The standard InChI is InChI=1S/C17H17FN2O2S/c1-2-22-13-7-8-14-15(9-13)20-17(19-14)23-10-16(21)11-3-5-12(18)6-4-11/h3-5,7-9,12H,2,6,10H2,1H3,(H,19,20). The second-order valence-corrected chi connectivity index (χ2v) is 6.10. The van der Waals surface area contributed by atoms with Gasteiger partial charge < -0.3 is 9.72 Å². The van der Waals surface area contributed by atoms with Crippen molar-refractivity contribution < 1.29 is 13.9 Å². The number of alkyl halides is 1. The van der Waals surface area contributed by atoms with E-state index in [-0.39, 0.29) is 18.0 Å². The first-order valence-electron chi connectivity index (χ1n) is 7.46. The first-order chi connectivity index (χ1) is 11.2. The summed E-state index contributed by atoms with van der Waals surface area (Å²) in [4.78, 5) is 19.7. The molecule has 1 aromatic carbocycles. The van der Waals surface area contributed by atoms with Gasteiger partial charge in [0.2, 0.25) is 0 Å². The fourth-order valence-corrected chi connectivity index (χ4v) is 3.09. The third kappa shape index (κ3) is 3.82. The maximum absolute atomic E-state index is 13.0. The monoisotopic (exact) mass is 332 g/mol. The van der Waals surface area contributed by atoms with Gasteiger partial charge in [-0.15, -0.1) is 0 Å². The van der Waals surface area contributed by atoms with Crippen LogP contribution in [0.3, 0.4) is 0 Å². The van der Waals surface area contributed by atoms with Crippen molar-refractivity contribution >= 4 is 28.6 Å². The zero-order valence-electron chi connectivity index (χ0n) is 12.7. The summed E-state index contributed by atoms with van der Waals surface area (Å²) in [6.07, 6.45) is 3.93. The summed E-state index contributed by atoms with van der Waals surface area (Å²) in [5.74, 6) is 1.04. The van der Waals surface area contributed by atoms with Crippen molar-refractivity contribution in [3.63, 3.8) is 0 Å². The van der Waals surface area contributed by atoms with Crippen LogP contribution in [-0.4, -0.2) is 34.3 Å². The van der Waals surface area contributed by atoms with E-state index in [1.54, 1.807) is 12.2 Å². The number of aromatic amines is 1. The Kier molecular flexibility index (Phi) is 4.81. The quantitative estimate of drug-likeness (QED) is 0.817. The average Bonchev–Trinajstić information content (AvgIpc) is 2.96. The minimum atomic E-state index is -0.978. The fourth-order valence-electron chi connectivity index (χ4n) is 2.31. The Bertz CT molecular complexity index is 782. The molecule has 0 saturated carbocycles. The molecule has 0 fully saturated rings. The van der Waals surface area contributed by atoms with Gasteiger partial charge in [-0.2, -0.15) is 0 Å². The van der Waals surface area contributed by atoms with Gasteiger partial charge in [0.15, 0.2) is 10.9 Å². The van der Waals surface area contributed by atoms with E-state index in [9.17, 15) is 9.18 Å². The Morgan fingerprint density at radius 1 is 1.52 bits per heavy atom. The third-order valence-corrected chi connectivity index (χ3v) is 4.33. The first-order valence-corrected chi connectivity index (χ1v) is 8.45. The van der Waals surface area contributed by atoms with E-state index < -0.39 is 6.17 Å². The van der Waals surface area contributed by atoms with Crippen LogP contribution in [0.5, 0.6) is 5.75 Å².